The molecule has 0 saturated heterocycles. The Balaban J connectivity index is 1.40. The van der Waals surface area contributed by atoms with Gasteiger partial charge in [-0.25, -0.2) is 4.98 Å². The third-order valence-corrected chi connectivity index (χ3v) is 5.21. The van der Waals surface area contributed by atoms with Crippen molar-refractivity contribution < 1.29 is 14.3 Å². The van der Waals surface area contributed by atoms with Gasteiger partial charge in [-0.1, -0.05) is 42.5 Å². The fraction of sp³-hybridized carbons (Fsp3) is 0.190. The molecule has 0 spiro atoms. The topological polar surface area (TPSA) is 71.5 Å². The van der Waals surface area contributed by atoms with E-state index in [2.05, 4.69) is 10.3 Å². The molecule has 28 heavy (non-hydrogen) atoms. The number of para-hydroxylation sites is 2. The summed E-state index contributed by atoms with van der Waals surface area (Å²) in [6.07, 6.45) is -0.391. The number of benzene rings is 2. The first-order valence-electron chi connectivity index (χ1n) is 8.99. The lowest BCUT2D eigenvalue weighted by Crippen LogP contribution is -2.45. The zero-order valence-corrected chi connectivity index (χ0v) is 16.1. The van der Waals surface area contributed by atoms with Crippen LogP contribution in [-0.4, -0.2) is 29.4 Å². The normalized spacial score (nSPS) is 15.7. The summed E-state index contributed by atoms with van der Waals surface area (Å²) >= 11 is 1.38. The summed E-state index contributed by atoms with van der Waals surface area (Å²) in [4.78, 5) is 30.9. The van der Waals surface area contributed by atoms with Crippen molar-refractivity contribution in [3.05, 3.63) is 60.0 Å². The zero-order valence-electron chi connectivity index (χ0n) is 15.3. The van der Waals surface area contributed by atoms with Crippen molar-refractivity contribution in [3.63, 3.8) is 0 Å². The van der Waals surface area contributed by atoms with E-state index in [1.165, 1.54) is 11.3 Å². The number of amides is 2. The number of carbonyl (C=O) groups excluding carboxylic acids is 2. The smallest absolute Gasteiger partial charge is 0.267 e. The summed E-state index contributed by atoms with van der Waals surface area (Å²) in [6, 6.07) is 17.2. The van der Waals surface area contributed by atoms with Crippen molar-refractivity contribution in [2.75, 3.05) is 16.8 Å². The molecule has 0 unspecified atom stereocenters. The van der Waals surface area contributed by atoms with E-state index in [-0.39, 0.29) is 24.8 Å². The van der Waals surface area contributed by atoms with Gasteiger partial charge in [0.05, 0.1) is 11.4 Å². The maximum absolute atomic E-state index is 12.5. The van der Waals surface area contributed by atoms with Crippen LogP contribution in [0, 0.1) is 0 Å². The molecule has 2 aromatic carbocycles. The van der Waals surface area contributed by atoms with Gasteiger partial charge in [-0.2, -0.15) is 0 Å². The van der Waals surface area contributed by atoms with Crippen molar-refractivity contribution in [2.45, 2.75) is 19.4 Å². The van der Waals surface area contributed by atoms with E-state index in [0.29, 0.717) is 16.6 Å². The quantitative estimate of drug-likeness (QED) is 0.712. The number of ether oxygens (including phenoxy) is 1. The van der Waals surface area contributed by atoms with Crippen LogP contribution < -0.4 is 15.0 Å². The predicted molar refractivity (Wildman–Crippen MR) is 110 cm³/mol. The van der Waals surface area contributed by atoms with Gasteiger partial charge in [-0.05, 0) is 19.1 Å². The molecule has 3 aromatic rings. The van der Waals surface area contributed by atoms with Crippen molar-refractivity contribution in [1.82, 2.24) is 4.98 Å². The fourth-order valence-corrected chi connectivity index (χ4v) is 3.79. The van der Waals surface area contributed by atoms with Gasteiger partial charge >= 0.3 is 0 Å². The number of fused-ring (bicyclic) bond motifs is 1. The molecule has 4 rings (SSSR count). The van der Waals surface area contributed by atoms with Crippen LogP contribution in [0.3, 0.4) is 0 Å². The number of aromatic nitrogens is 1. The summed E-state index contributed by atoms with van der Waals surface area (Å²) in [5.41, 5.74) is 2.52. The average Bonchev–Trinajstić information content (AvgIpc) is 3.17. The van der Waals surface area contributed by atoms with Crippen molar-refractivity contribution >= 4 is 34.0 Å². The molecule has 0 aliphatic carbocycles. The molecule has 0 bridgehead atoms. The van der Waals surface area contributed by atoms with Crippen LogP contribution >= 0.6 is 11.3 Å². The molecule has 2 heterocycles. The Labute approximate surface area is 166 Å². The standard InChI is InChI=1S/C21H19N3O3S/c1-14-20(26)24(17-9-5-6-10-18(17)27-14)12-11-19(25)23-21-22-16(13-28-21)15-7-3-2-4-8-15/h2-10,13-14H,11-12H2,1H3,(H,22,23,25)/t14-/m0/s1. The number of anilines is 2. The molecule has 0 fully saturated rings. The minimum atomic E-state index is -0.564. The molecule has 142 valence electrons. The van der Waals surface area contributed by atoms with E-state index in [0.717, 1.165) is 11.3 Å². The number of thiazole rings is 1. The number of rotatable bonds is 5. The summed E-state index contributed by atoms with van der Waals surface area (Å²) in [7, 11) is 0. The van der Waals surface area contributed by atoms with Gasteiger partial charge in [-0.15, -0.1) is 11.3 Å². The van der Waals surface area contributed by atoms with Gasteiger partial charge in [0.15, 0.2) is 11.2 Å². The Morgan fingerprint density at radius 3 is 2.75 bits per heavy atom. The van der Waals surface area contributed by atoms with Crippen LogP contribution in [0.1, 0.15) is 13.3 Å². The van der Waals surface area contributed by atoms with E-state index in [4.69, 9.17) is 4.74 Å². The van der Waals surface area contributed by atoms with Crippen LogP contribution in [0.4, 0.5) is 10.8 Å². The molecule has 6 nitrogen and oxygen atoms in total. The number of nitrogens with one attached hydrogen (secondary N) is 1. The molecular weight excluding hydrogens is 374 g/mol. The third kappa shape index (κ3) is 3.75. The molecular formula is C21H19N3O3S. The van der Waals surface area contributed by atoms with Crippen molar-refractivity contribution in [2.24, 2.45) is 0 Å². The lowest BCUT2D eigenvalue weighted by molar-refractivity contribution is -0.125. The fourth-order valence-electron chi connectivity index (χ4n) is 3.06. The minimum Gasteiger partial charge on any atom is -0.479 e. The molecule has 0 saturated carbocycles. The summed E-state index contributed by atoms with van der Waals surface area (Å²) in [6.45, 7) is 2.00. The summed E-state index contributed by atoms with van der Waals surface area (Å²) < 4.78 is 5.62. The number of hydrogen-bond acceptors (Lipinski definition) is 5. The van der Waals surface area contributed by atoms with Gasteiger partial charge in [-0.3, -0.25) is 9.59 Å². The second-order valence-electron chi connectivity index (χ2n) is 6.42. The lowest BCUT2D eigenvalue weighted by atomic mass is 10.1. The predicted octanol–water partition coefficient (Wildman–Crippen LogP) is 3.95. The first kappa shape index (κ1) is 18.2. The highest BCUT2D eigenvalue weighted by Gasteiger charge is 2.31. The van der Waals surface area contributed by atoms with Crippen LogP contribution in [0.25, 0.3) is 11.3 Å². The number of nitrogens with zero attached hydrogens (tertiary/aromatic N) is 2. The van der Waals surface area contributed by atoms with Gasteiger partial charge in [0.2, 0.25) is 5.91 Å². The van der Waals surface area contributed by atoms with Crippen LogP contribution in [-0.2, 0) is 9.59 Å². The highest BCUT2D eigenvalue weighted by molar-refractivity contribution is 7.14. The van der Waals surface area contributed by atoms with E-state index in [1.54, 1.807) is 11.8 Å². The Kier molecular flexibility index (Phi) is 5.08. The Morgan fingerprint density at radius 2 is 1.93 bits per heavy atom. The average molecular weight is 393 g/mol. The van der Waals surface area contributed by atoms with Gasteiger partial charge < -0.3 is 15.0 Å². The van der Waals surface area contributed by atoms with E-state index in [1.807, 2.05) is 60.0 Å². The van der Waals surface area contributed by atoms with Crippen LogP contribution in [0.5, 0.6) is 5.75 Å². The lowest BCUT2D eigenvalue weighted by Gasteiger charge is -2.32. The van der Waals surface area contributed by atoms with Gasteiger partial charge in [0, 0.05) is 23.9 Å². The molecule has 2 amide bonds. The largest absolute Gasteiger partial charge is 0.479 e. The molecule has 1 aromatic heterocycles. The molecule has 1 atom stereocenters. The van der Waals surface area contributed by atoms with Crippen molar-refractivity contribution in [1.29, 1.82) is 0 Å². The van der Waals surface area contributed by atoms with E-state index in [9.17, 15) is 9.59 Å². The van der Waals surface area contributed by atoms with Crippen LogP contribution in [0.15, 0.2) is 60.0 Å². The van der Waals surface area contributed by atoms with E-state index < -0.39 is 6.10 Å². The van der Waals surface area contributed by atoms with Gasteiger partial charge in [0.1, 0.15) is 5.75 Å². The highest BCUT2D eigenvalue weighted by Crippen LogP contribution is 2.33. The third-order valence-electron chi connectivity index (χ3n) is 4.46. The first-order chi connectivity index (χ1) is 13.6. The van der Waals surface area contributed by atoms with Crippen LogP contribution in [0.2, 0.25) is 0 Å². The summed E-state index contributed by atoms with van der Waals surface area (Å²) in [5, 5.41) is 5.28. The Morgan fingerprint density at radius 1 is 1.18 bits per heavy atom. The SMILES string of the molecule is C[C@@H]1Oc2ccccc2N(CCC(=O)Nc2nc(-c3ccccc3)cs2)C1=O. The molecule has 0 radical (unpaired) electrons. The van der Waals surface area contributed by atoms with E-state index >= 15 is 0 Å². The first-order valence-corrected chi connectivity index (χ1v) is 9.87. The molecule has 7 heteroatoms. The van der Waals surface area contributed by atoms with Crippen molar-refractivity contribution in [3.8, 4) is 17.0 Å². The summed E-state index contributed by atoms with van der Waals surface area (Å²) in [5.74, 6) is 0.327. The Hall–Kier alpha value is -3.19. The second-order valence-corrected chi connectivity index (χ2v) is 7.28. The minimum absolute atomic E-state index is 0.146. The molecule has 1 N–H and O–H groups in total. The zero-order chi connectivity index (χ0) is 19.5. The number of hydrogen-bond donors (Lipinski definition) is 1. The maximum atomic E-state index is 12.5. The maximum Gasteiger partial charge on any atom is 0.267 e. The molecule has 1 aliphatic heterocycles. The molecule has 1 aliphatic rings. The Bertz CT molecular complexity index is 1000. The monoisotopic (exact) mass is 393 g/mol. The number of carbonyl (C=O) groups is 2. The second kappa shape index (κ2) is 7.82. The highest BCUT2D eigenvalue weighted by atomic mass is 32.1. The van der Waals surface area contributed by atoms with Gasteiger partial charge in [0.25, 0.3) is 5.91 Å².